The number of hydrogen-bond acceptors (Lipinski definition) is 3. The van der Waals surface area contributed by atoms with Gasteiger partial charge in [0.15, 0.2) is 5.79 Å². The zero-order valence-electron chi connectivity index (χ0n) is 8.95. The van der Waals surface area contributed by atoms with Crippen LogP contribution < -0.4 is 0 Å². The highest BCUT2D eigenvalue weighted by Crippen LogP contribution is 2.55. The molecule has 0 aromatic rings. The summed E-state index contributed by atoms with van der Waals surface area (Å²) in [5.74, 6) is -0.492. The third kappa shape index (κ3) is 1.17. The van der Waals surface area contributed by atoms with Crippen molar-refractivity contribution in [2.75, 3.05) is 13.2 Å². The molecule has 2 aliphatic carbocycles. The van der Waals surface area contributed by atoms with Crippen molar-refractivity contribution >= 4 is 0 Å². The van der Waals surface area contributed by atoms with Gasteiger partial charge < -0.3 is 14.6 Å². The maximum absolute atomic E-state index is 10.2. The zero-order chi connectivity index (χ0) is 10.4. The Morgan fingerprint density at radius 2 is 1.87 bits per heavy atom. The van der Waals surface area contributed by atoms with Crippen molar-refractivity contribution in [1.82, 2.24) is 0 Å². The smallest absolute Gasteiger partial charge is 0.177 e. The monoisotopic (exact) mass is 210 g/mol. The van der Waals surface area contributed by atoms with E-state index in [0.29, 0.717) is 13.2 Å². The Labute approximate surface area is 90.1 Å². The molecule has 0 unspecified atom stereocenters. The summed E-state index contributed by atoms with van der Waals surface area (Å²) in [5.41, 5.74) is -0.193. The molecule has 0 aromatic heterocycles. The highest BCUT2D eigenvalue weighted by molar-refractivity contribution is 5.17. The van der Waals surface area contributed by atoms with Gasteiger partial charge >= 0.3 is 0 Å². The predicted octanol–water partition coefficient (Wildman–Crippen LogP) is 1.61. The van der Waals surface area contributed by atoms with Gasteiger partial charge in [-0.25, -0.2) is 0 Å². The SMILES string of the molecule is O[C@H]1C=CC[C@@]12CCCCC21OCCO1. The summed E-state index contributed by atoms with van der Waals surface area (Å²) in [6.07, 6.45) is 8.75. The van der Waals surface area contributed by atoms with Crippen molar-refractivity contribution in [3.05, 3.63) is 12.2 Å². The molecular weight excluding hydrogens is 192 g/mol. The summed E-state index contributed by atoms with van der Waals surface area (Å²) < 4.78 is 11.7. The molecule has 0 amide bonds. The van der Waals surface area contributed by atoms with Gasteiger partial charge in [-0.05, 0) is 19.3 Å². The second-order valence-electron chi connectivity index (χ2n) is 4.89. The number of aliphatic hydroxyl groups excluding tert-OH is 1. The van der Waals surface area contributed by atoms with E-state index in [2.05, 4.69) is 6.08 Å². The van der Waals surface area contributed by atoms with E-state index in [9.17, 15) is 5.11 Å². The second kappa shape index (κ2) is 3.30. The standard InChI is InChI=1S/C12H18O3/c13-10-4-3-6-11(10)5-1-2-7-12(11)14-8-9-15-12/h3-4,10,13H,1-2,5-9H2/t10-,11-/m0/s1. The van der Waals surface area contributed by atoms with Crippen LogP contribution in [0.4, 0.5) is 0 Å². The third-order valence-electron chi connectivity index (χ3n) is 4.26. The van der Waals surface area contributed by atoms with E-state index in [1.807, 2.05) is 6.08 Å². The molecule has 3 heteroatoms. The van der Waals surface area contributed by atoms with Crippen LogP contribution in [0.5, 0.6) is 0 Å². The third-order valence-corrected chi connectivity index (χ3v) is 4.26. The lowest BCUT2D eigenvalue weighted by atomic mass is 9.66. The summed E-state index contributed by atoms with van der Waals surface area (Å²) in [5, 5.41) is 10.2. The Bertz CT molecular complexity index is 281. The van der Waals surface area contributed by atoms with Crippen LogP contribution in [0.2, 0.25) is 0 Å². The van der Waals surface area contributed by atoms with Crippen molar-refractivity contribution in [3.8, 4) is 0 Å². The molecule has 1 aliphatic heterocycles. The Balaban J connectivity index is 1.96. The molecule has 2 atom stereocenters. The molecular formula is C12H18O3. The molecule has 1 heterocycles. The maximum atomic E-state index is 10.2. The molecule has 1 saturated carbocycles. The number of fused-ring (bicyclic) bond motifs is 1. The van der Waals surface area contributed by atoms with Gasteiger partial charge in [-0.3, -0.25) is 0 Å². The lowest BCUT2D eigenvalue weighted by Crippen LogP contribution is -2.55. The van der Waals surface area contributed by atoms with E-state index in [4.69, 9.17) is 9.47 Å². The minimum atomic E-state index is -0.492. The van der Waals surface area contributed by atoms with Crippen molar-refractivity contribution in [3.63, 3.8) is 0 Å². The summed E-state index contributed by atoms with van der Waals surface area (Å²) in [6.45, 7) is 1.35. The molecule has 0 radical (unpaired) electrons. The number of aliphatic hydroxyl groups is 1. The number of ether oxygens (including phenoxy) is 2. The number of allylic oxidation sites excluding steroid dienone is 1. The quantitative estimate of drug-likeness (QED) is 0.617. The van der Waals surface area contributed by atoms with Gasteiger partial charge in [0.1, 0.15) is 0 Å². The molecule has 2 fully saturated rings. The van der Waals surface area contributed by atoms with Crippen LogP contribution in [-0.4, -0.2) is 30.2 Å². The minimum absolute atomic E-state index is 0.193. The normalized spacial score (nSPS) is 43.1. The van der Waals surface area contributed by atoms with Crippen molar-refractivity contribution in [2.45, 2.75) is 44.0 Å². The van der Waals surface area contributed by atoms with Gasteiger partial charge in [0.2, 0.25) is 0 Å². The maximum Gasteiger partial charge on any atom is 0.177 e. The van der Waals surface area contributed by atoms with E-state index in [-0.39, 0.29) is 5.41 Å². The lowest BCUT2D eigenvalue weighted by molar-refractivity contribution is -0.272. The van der Waals surface area contributed by atoms with Gasteiger partial charge in [0.25, 0.3) is 0 Å². The molecule has 3 aliphatic rings. The van der Waals surface area contributed by atoms with E-state index >= 15 is 0 Å². The molecule has 3 nitrogen and oxygen atoms in total. The highest BCUT2D eigenvalue weighted by Gasteiger charge is 2.60. The molecule has 3 rings (SSSR count). The van der Waals surface area contributed by atoms with Gasteiger partial charge in [0, 0.05) is 6.42 Å². The Kier molecular flexibility index (Phi) is 2.16. The van der Waals surface area contributed by atoms with Crippen LogP contribution >= 0.6 is 0 Å². The molecule has 84 valence electrons. The van der Waals surface area contributed by atoms with Crippen molar-refractivity contribution in [2.24, 2.45) is 5.41 Å². The summed E-state index contributed by atoms with van der Waals surface area (Å²) in [4.78, 5) is 0. The highest BCUT2D eigenvalue weighted by atomic mass is 16.7. The van der Waals surface area contributed by atoms with Gasteiger partial charge in [0.05, 0.1) is 24.7 Å². The molecule has 0 bridgehead atoms. The first kappa shape index (κ1) is 9.82. The van der Waals surface area contributed by atoms with E-state index in [1.54, 1.807) is 0 Å². The van der Waals surface area contributed by atoms with Gasteiger partial charge in [-0.1, -0.05) is 18.6 Å². The second-order valence-corrected chi connectivity index (χ2v) is 4.89. The van der Waals surface area contributed by atoms with E-state index < -0.39 is 11.9 Å². The Morgan fingerprint density at radius 3 is 2.53 bits per heavy atom. The lowest BCUT2D eigenvalue weighted by Gasteiger charge is -2.49. The largest absolute Gasteiger partial charge is 0.388 e. The fourth-order valence-corrected chi connectivity index (χ4v) is 3.47. The zero-order valence-corrected chi connectivity index (χ0v) is 8.95. The Hall–Kier alpha value is -0.380. The minimum Gasteiger partial charge on any atom is -0.388 e. The fourth-order valence-electron chi connectivity index (χ4n) is 3.47. The first-order valence-electron chi connectivity index (χ1n) is 5.92. The molecule has 15 heavy (non-hydrogen) atoms. The van der Waals surface area contributed by atoms with Crippen LogP contribution in [-0.2, 0) is 9.47 Å². The van der Waals surface area contributed by atoms with Crippen LogP contribution in [0, 0.1) is 5.41 Å². The predicted molar refractivity (Wildman–Crippen MR) is 55.3 cm³/mol. The van der Waals surface area contributed by atoms with Gasteiger partial charge in [-0.2, -0.15) is 0 Å². The van der Waals surface area contributed by atoms with Gasteiger partial charge in [-0.15, -0.1) is 0 Å². The van der Waals surface area contributed by atoms with Crippen LogP contribution in [0.3, 0.4) is 0 Å². The van der Waals surface area contributed by atoms with Crippen molar-refractivity contribution < 1.29 is 14.6 Å². The average Bonchev–Trinajstić information content (AvgIpc) is 2.82. The van der Waals surface area contributed by atoms with Crippen LogP contribution in [0.15, 0.2) is 12.2 Å². The number of hydrogen-bond donors (Lipinski definition) is 1. The van der Waals surface area contributed by atoms with Crippen LogP contribution in [0.25, 0.3) is 0 Å². The molecule has 1 N–H and O–H groups in total. The fraction of sp³-hybridized carbons (Fsp3) is 0.833. The van der Waals surface area contributed by atoms with Crippen molar-refractivity contribution in [1.29, 1.82) is 0 Å². The Morgan fingerprint density at radius 1 is 1.13 bits per heavy atom. The van der Waals surface area contributed by atoms with Crippen LogP contribution in [0.1, 0.15) is 32.1 Å². The molecule has 2 spiro atoms. The molecule has 0 aromatic carbocycles. The summed E-state index contributed by atoms with van der Waals surface area (Å²) >= 11 is 0. The van der Waals surface area contributed by atoms with E-state index in [1.165, 1.54) is 6.42 Å². The first-order chi connectivity index (χ1) is 7.29. The average molecular weight is 210 g/mol. The first-order valence-corrected chi connectivity index (χ1v) is 5.92. The van der Waals surface area contributed by atoms with E-state index in [0.717, 1.165) is 25.7 Å². The summed E-state index contributed by atoms with van der Waals surface area (Å²) in [7, 11) is 0. The molecule has 1 saturated heterocycles. The summed E-state index contributed by atoms with van der Waals surface area (Å²) in [6, 6.07) is 0. The topological polar surface area (TPSA) is 38.7 Å². The number of rotatable bonds is 0.